The first kappa shape index (κ1) is 93.5. The van der Waals surface area contributed by atoms with Crippen molar-refractivity contribution in [1.82, 2.24) is 0 Å². The molecular formula is Na2O4U. The Labute approximate surface area is 110 Å². The van der Waals surface area contributed by atoms with Crippen molar-refractivity contribution in [1.29, 1.82) is 0 Å². The first-order chi connectivity index (χ1) is 0. The predicted molar refractivity (Wildman–Crippen MR) is 2.75 cm³/mol. The summed E-state index contributed by atoms with van der Waals surface area (Å²) in [7, 11) is 0. The Morgan fingerprint density at radius 3 is 0.429 bits per heavy atom. The summed E-state index contributed by atoms with van der Waals surface area (Å²) in [5, 5.41) is 0. The molecule has 0 saturated heterocycles. The van der Waals surface area contributed by atoms with E-state index in [1.54, 1.807) is 0 Å². The van der Waals surface area contributed by atoms with Gasteiger partial charge in [-0.15, -0.1) is 0 Å². The average molecular weight is 348 g/mol. The van der Waals surface area contributed by atoms with Crippen molar-refractivity contribution < 1.29 is 112 Å². The fourth-order valence-corrected chi connectivity index (χ4v) is 0. The van der Waals surface area contributed by atoms with Crippen LogP contribution in [0.3, 0.4) is 0 Å². The zero-order valence-electron chi connectivity index (χ0n) is 4.13. The molecular weight excluding hydrogens is 348 g/mol. The fraction of sp³-hybridized carbons (Fsp3) is 0. The average Bonchev–Trinajstić information content (AvgIpc) is 0. The van der Waals surface area contributed by atoms with Crippen molar-refractivity contribution in [2.24, 2.45) is 0 Å². The van der Waals surface area contributed by atoms with Gasteiger partial charge in [0.05, 0.1) is 0 Å². The second kappa shape index (κ2) is 66.2. The van der Waals surface area contributed by atoms with Gasteiger partial charge in [-0.05, 0) is 0 Å². The molecule has 30 valence electrons. The molecule has 0 spiro atoms. The fourth-order valence-electron chi connectivity index (χ4n) is 0. The van der Waals surface area contributed by atoms with Gasteiger partial charge in [0.2, 0.25) is 0 Å². The molecule has 0 aromatic heterocycles. The molecule has 7 heteroatoms. The Morgan fingerprint density at radius 1 is 0.429 bits per heavy atom. The van der Waals surface area contributed by atoms with E-state index in [0.29, 0.717) is 0 Å². The third-order valence-electron chi connectivity index (χ3n) is 0. The van der Waals surface area contributed by atoms with Gasteiger partial charge in [-0.2, -0.15) is 0 Å². The molecule has 0 radical (unpaired) electrons. The molecule has 0 rings (SSSR count). The molecule has 0 N–H and O–H groups in total. The minimum absolute atomic E-state index is 0. The number of rotatable bonds is 0. The zero-order valence-corrected chi connectivity index (χ0v) is 12.3. The standard InChI is InChI=1S/2Na.4O.U/q2*+1;4*-2;+6. The van der Waals surface area contributed by atoms with Gasteiger partial charge < -0.3 is 21.9 Å². The first-order valence-corrected chi connectivity index (χ1v) is 0. The molecule has 0 aromatic rings. The molecule has 0 aliphatic rings. The Morgan fingerprint density at radius 2 is 0.429 bits per heavy atom. The van der Waals surface area contributed by atoms with E-state index in [1.165, 1.54) is 0 Å². The van der Waals surface area contributed by atoms with Crippen molar-refractivity contribution in [2.75, 3.05) is 0 Å². The first-order valence-electron chi connectivity index (χ1n) is 0. The van der Waals surface area contributed by atoms with Crippen LogP contribution in [-0.2, 0) is 21.9 Å². The van der Waals surface area contributed by atoms with E-state index in [1.807, 2.05) is 0 Å². The van der Waals surface area contributed by atoms with E-state index < -0.39 is 0 Å². The van der Waals surface area contributed by atoms with Gasteiger partial charge in [0.1, 0.15) is 0 Å². The SMILES string of the molecule is [Na+].[Na+].[O-2].[O-2].[O-2].[O-2].[U+6]. The van der Waals surface area contributed by atoms with Crippen LogP contribution >= 0.6 is 0 Å². The summed E-state index contributed by atoms with van der Waals surface area (Å²) in [5.74, 6) is 0. The monoisotopic (exact) mass is 348 g/mol. The molecule has 0 atom stereocenters. The zero-order chi connectivity index (χ0) is 0. The van der Waals surface area contributed by atoms with Gasteiger partial charge in [0, 0.05) is 0 Å². The molecule has 0 aromatic carbocycles. The van der Waals surface area contributed by atoms with Crippen molar-refractivity contribution in [3.63, 3.8) is 0 Å². The van der Waals surface area contributed by atoms with Gasteiger partial charge in [0.15, 0.2) is 0 Å². The second-order valence-corrected chi connectivity index (χ2v) is 0. The molecule has 0 heterocycles. The van der Waals surface area contributed by atoms with E-state index in [2.05, 4.69) is 0 Å². The van der Waals surface area contributed by atoms with Crippen LogP contribution in [0.1, 0.15) is 0 Å². The summed E-state index contributed by atoms with van der Waals surface area (Å²) in [5.41, 5.74) is 0. The van der Waals surface area contributed by atoms with Gasteiger partial charge in [-0.1, -0.05) is 0 Å². The van der Waals surface area contributed by atoms with E-state index in [-0.39, 0.29) is 112 Å². The molecule has 0 amide bonds. The topological polar surface area (TPSA) is 114 Å². The summed E-state index contributed by atoms with van der Waals surface area (Å²) in [4.78, 5) is 0. The van der Waals surface area contributed by atoms with Crippen molar-refractivity contribution in [3.8, 4) is 0 Å². The normalized spacial score (nSPS) is 0. The maximum absolute atomic E-state index is 0. The molecule has 0 aliphatic heterocycles. The maximum Gasteiger partial charge on any atom is 6.00 e. The van der Waals surface area contributed by atoms with Crippen LogP contribution in [0.15, 0.2) is 0 Å². The van der Waals surface area contributed by atoms with Crippen LogP contribution in [0.25, 0.3) is 0 Å². The second-order valence-electron chi connectivity index (χ2n) is 0. The summed E-state index contributed by atoms with van der Waals surface area (Å²) in [6.45, 7) is 0. The Hall–Kier alpha value is 2.89. The molecule has 0 saturated carbocycles. The minimum Gasteiger partial charge on any atom is -2.00 e. The van der Waals surface area contributed by atoms with E-state index >= 15 is 0 Å². The van der Waals surface area contributed by atoms with Crippen LogP contribution in [0, 0.1) is 31.1 Å². The summed E-state index contributed by atoms with van der Waals surface area (Å²) in [6, 6.07) is 0. The summed E-state index contributed by atoms with van der Waals surface area (Å²) < 4.78 is 0. The smallest absolute Gasteiger partial charge is 2.00 e. The third-order valence-corrected chi connectivity index (χ3v) is 0. The minimum atomic E-state index is 0. The van der Waals surface area contributed by atoms with Gasteiger partial charge in [-0.25, -0.2) is 0 Å². The molecule has 7 heavy (non-hydrogen) atoms. The van der Waals surface area contributed by atoms with E-state index in [9.17, 15) is 0 Å². The summed E-state index contributed by atoms with van der Waals surface area (Å²) >= 11 is 0. The number of hydrogen-bond donors (Lipinski definition) is 0. The molecule has 0 unspecified atom stereocenters. The van der Waals surface area contributed by atoms with Crippen LogP contribution in [0.2, 0.25) is 0 Å². The van der Waals surface area contributed by atoms with Crippen LogP contribution in [0.5, 0.6) is 0 Å². The van der Waals surface area contributed by atoms with Crippen molar-refractivity contribution >= 4 is 0 Å². The van der Waals surface area contributed by atoms with Crippen molar-refractivity contribution in [2.45, 2.75) is 0 Å². The third kappa shape index (κ3) is 50.5. The Balaban J connectivity index is 0. The quantitative estimate of drug-likeness (QED) is 0.388. The Kier molecular flexibility index (Phi) is 885. The predicted octanol–water partition coefficient (Wildman–Crippen LogP) is -6.47. The molecule has 4 nitrogen and oxygen atoms in total. The molecule has 0 aliphatic carbocycles. The summed E-state index contributed by atoms with van der Waals surface area (Å²) in [6.07, 6.45) is 0. The van der Waals surface area contributed by atoms with Crippen LogP contribution in [0.4, 0.5) is 0 Å². The van der Waals surface area contributed by atoms with Gasteiger partial charge >= 0.3 is 90.2 Å². The molecule has 0 bridgehead atoms. The molecule has 0 fully saturated rings. The maximum atomic E-state index is 0. The van der Waals surface area contributed by atoms with Crippen LogP contribution < -0.4 is 59.1 Å². The van der Waals surface area contributed by atoms with E-state index in [0.717, 1.165) is 0 Å². The van der Waals surface area contributed by atoms with Gasteiger partial charge in [0.25, 0.3) is 0 Å². The van der Waals surface area contributed by atoms with Gasteiger partial charge in [-0.3, -0.25) is 0 Å². The Bertz CT molecular complexity index is 9.65. The van der Waals surface area contributed by atoms with Crippen LogP contribution in [-0.4, -0.2) is 0 Å². The number of hydrogen-bond acceptors (Lipinski definition) is 0. The largest absolute Gasteiger partial charge is 6.00 e. The van der Waals surface area contributed by atoms with Crippen molar-refractivity contribution in [3.05, 3.63) is 0 Å². The van der Waals surface area contributed by atoms with E-state index in [4.69, 9.17) is 0 Å².